The van der Waals surface area contributed by atoms with E-state index in [0.29, 0.717) is 18.9 Å². The number of nitrogens with zero attached hydrogens (tertiary/aromatic N) is 4. The van der Waals surface area contributed by atoms with Crippen LogP contribution < -0.4 is 5.73 Å². The first kappa shape index (κ1) is 16.9. The molecule has 1 fully saturated rings. The van der Waals surface area contributed by atoms with E-state index in [1.807, 2.05) is 16.5 Å². The molecule has 1 saturated heterocycles. The number of likely N-dealkylation sites (tertiary alicyclic amines) is 1. The SMILES string of the molecule is CCCC[C@H](N)C(=O)N1CCC(c2nnc(CO)n2C)CC1. The molecule has 1 atom stereocenters. The number of unbranched alkanes of at least 4 members (excludes halogenated alkanes) is 1. The third-order valence-corrected chi connectivity index (χ3v) is 4.50. The first-order valence-electron chi connectivity index (χ1n) is 8.11. The van der Waals surface area contributed by atoms with E-state index in [0.717, 1.165) is 37.9 Å². The summed E-state index contributed by atoms with van der Waals surface area (Å²) in [6, 6.07) is -0.368. The number of aromatic nitrogens is 3. The quantitative estimate of drug-likeness (QED) is 0.799. The first-order chi connectivity index (χ1) is 10.6. The monoisotopic (exact) mass is 309 g/mol. The molecule has 124 valence electrons. The standard InChI is InChI=1S/C15H27N5O2/c1-3-4-5-12(16)15(22)20-8-6-11(7-9-20)14-18-17-13(10-21)19(14)2/h11-12,21H,3-10,16H2,1-2H3/t12-/m0/s1. The average molecular weight is 309 g/mol. The molecule has 0 spiro atoms. The fourth-order valence-electron chi connectivity index (χ4n) is 3.01. The van der Waals surface area contributed by atoms with Crippen LogP contribution >= 0.6 is 0 Å². The fourth-order valence-corrected chi connectivity index (χ4v) is 3.01. The Labute approximate surface area is 131 Å². The first-order valence-corrected chi connectivity index (χ1v) is 8.11. The van der Waals surface area contributed by atoms with Crippen molar-refractivity contribution in [2.24, 2.45) is 12.8 Å². The van der Waals surface area contributed by atoms with E-state index in [2.05, 4.69) is 17.1 Å². The third-order valence-electron chi connectivity index (χ3n) is 4.50. The molecule has 3 N–H and O–H groups in total. The molecule has 7 nitrogen and oxygen atoms in total. The maximum Gasteiger partial charge on any atom is 0.239 e. The Hall–Kier alpha value is -1.47. The van der Waals surface area contributed by atoms with Gasteiger partial charge in [-0.05, 0) is 19.3 Å². The molecule has 0 saturated carbocycles. The molecule has 0 radical (unpaired) electrons. The highest BCUT2D eigenvalue weighted by Crippen LogP contribution is 2.27. The number of hydrogen-bond donors (Lipinski definition) is 2. The molecule has 0 aliphatic carbocycles. The molecule has 0 aromatic carbocycles. The van der Waals surface area contributed by atoms with Gasteiger partial charge < -0.3 is 20.3 Å². The van der Waals surface area contributed by atoms with Crippen molar-refractivity contribution in [1.29, 1.82) is 0 Å². The van der Waals surface area contributed by atoms with Gasteiger partial charge in [0.2, 0.25) is 5.91 Å². The maximum absolute atomic E-state index is 12.3. The predicted octanol–water partition coefficient (Wildman–Crippen LogP) is 0.531. The van der Waals surface area contributed by atoms with Gasteiger partial charge in [-0.25, -0.2) is 0 Å². The number of aliphatic hydroxyl groups excluding tert-OH is 1. The largest absolute Gasteiger partial charge is 0.388 e. The summed E-state index contributed by atoms with van der Waals surface area (Å²) in [6.07, 6.45) is 4.54. The number of piperidine rings is 1. The van der Waals surface area contributed by atoms with Crippen molar-refractivity contribution < 1.29 is 9.90 Å². The molecule has 1 aliphatic heterocycles. The lowest BCUT2D eigenvalue weighted by Crippen LogP contribution is -2.47. The van der Waals surface area contributed by atoms with E-state index in [1.165, 1.54) is 0 Å². The lowest BCUT2D eigenvalue weighted by Gasteiger charge is -2.33. The molecule has 1 aromatic heterocycles. The van der Waals surface area contributed by atoms with E-state index >= 15 is 0 Å². The van der Waals surface area contributed by atoms with Crippen molar-refractivity contribution in [2.75, 3.05) is 13.1 Å². The lowest BCUT2D eigenvalue weighted by atomic mass is 9.95. The van der Waals surface area contributed by atoms with E-state index in [9.17, 15) is 9.90 Å². The van der Waals surface area contributed by atoms with Crippen LogP contribution in [-0.4, -0.2) is 49.8 Å². The Morgan fingerprint density at radius 3 is 2.64 bits per heavy atom. The van der Waals surface area contributed by atoms with Crippen LogP contribution in [0.2, 0.25) is 0 Å². The Bertz CT molecular complexity index is 494. The number of carbonyl (C=O) groups is 1. The molecule has 2 rings (SSSR count). The topological polar surface area (TPSA) is 97.3 Å². The predicted molar refractivity (Wildman–Crippen MR) is 83.0 cm³/mol. The van der Waals surface area contributed by atoms with Gasteiger partial charge in [-0.3, -0.25) is 4.79 Å². The Kier molecular flexibility index (Phi) is 5.90. The van der Waals surface area contributed by atoms with Gasteiger partial charge >= 0.3 is 0 Å². The Morgan fingerprint density at radius 2 is 2.09 bits per heavy atom. The summed E-state index contributed by atoms with van der Waals surface area (Å²) in [5, 5.41) is 17.4. The van der Waals surface area contributed by atoms with E-state index in [-0.39, 0.29) is 24.5 Å². The van der Waals surface area contributed by atoms with Gasteiger partial charge in [0, 0.05) is 26.1 Å². The summed E-state index contributed by atoms with van der Waals surface area (Å²) in [7, 11) is 1.87. The molecular weight excluding hydrogens is 282 g/mol. The number of rotatable bonds is 6. The van der Waals surface area contributed by atoms with Crippen molar-refractivity contribution in [3.63, 3.8) is 0 Å². The van der Waals surface area contributed by atoms with Gasteiger partial charge in [0.1, 0.15) is 12.4 Å². The molecule has 0 unspecified atom stereocenters. The molecular formula is C15H27N5O2. The van der Waals surface area contributed by atoms with Gasteiger partial charge in [0.15, 0.2) is 5.82 Å². The molecule has 1 aromatic rings. The van der Waals surface area contributed by atoms with Crippen molar-refractivity contribution in [3.8, 4) is 0 Å². The van der Waals surface area contributed by atoms with Crippen LogP contribution in [0, 0.1) is 0 Å². The molecule has 7 heteroatoms. The number of nitrogens with two attached hydrogens (primary N) is 1. The molecule has 22 heavy (non-hydrogen) atoms. The van der Waals surface area contributed by atoms with Crippen molar-refractivity contribution >= 4 is 5.91 Å². The lowest BCUT2D eigenvalue weighted by molar-refractivity contribution is -0.133. The average Bonchev–Trinajstić information content (AvgIpc) is 2.92. The highest BCUT2D eigenvalue weighted by molar-refractivity contribution is 5.81. The number of hydrogen-bond acceptors (Lipinski definition) is 5. The summed E-state index contributed by atoms with van der Waals surface area (Å²) in [5.74, 6) is 1.83. The van der Waals surface area contributed by atoms with Gasteiger partial charge in [-0.2, -0.15) is 0 Å². The highest BCUT2D eigenvalue weighted by Gasteiger charge is 2.29. The van der Waals surface area contributed by atoms with Crippen LogP contribution in [0.15, 0.2) is 0 Å². The Balaban J connectivity index is 1.89. The summed E-state index contributed by atoms with van der Waals surface area (Å²) >= 11 is 0. The van der Waals surface area contributed by atoms with Crippen molar-refractivity contribution in [1.82, 2.24) is 19.7 Å². The second-order valence-electron chi connectivity index (χ2n) is 6.04. The second-order valence-corrected chi connectivity index (χ2v) is 6.04. The minimum absolute atomic E-state index is 0.0703. The van der Waals surface area contributed by atoms with Gasteiger partial charge in [-0.15, -0.1) is 10.2 Å². The van der Waals surface area contributed by atoms with Crippen LogP contribution in [-0.2, 0) is 18.4 Å². The van der Waals surface area contributed by atoms with Crippen LogP contribution in [0.25, 0.3) is 0 Å². The molecule has 1 aliphatic rings. The van der Waals surface area contributed by atoms with Gasteiger partial charge in [-0.1, -0.05) is 19.8 Å². The van der Waals surface area contributed by atoms with Crippen LogP contribution in [0.4, 0.5) is 0 Å². The number of aliphatic hydroxyl groups is 1. The third kappa shape index (κ3) is 3.64. The van der Waals surface area contributed by atoms with Crippen LogP contribution in [0.5, 0.6) is 0 Å². The minimum atomic E-state index is -0.368. The minimum Gasteiger partial charge on any atom is -0.388 e. The van der Waals surface area contributed by atoms with Crippen LogP contribution in [0.1, 0.15) is 56.6 Å². The smallest absolute Gasteiger partial charge is 0.239 e. The zero-order valence-electron chi connectivity index (χ0n) is 13.5. The summed E-state index contributed by atoms with van der Waals surface area (Å²) in [5.41, 5.74) is 5.98. The zero-order chi connectivity index (χ0) is 16.1. The Morgan fingerprint density at radius 1 is 1.41 bits per heavy atom. The molecule has 1 amide bonds. The van der Waals surface area contributed by atoms with Crippen LogP contribution in [0.3, 0.4) is 0 Å². The second kappa shape index (κ2) is 7.69. The van der Waals surface area contributed by atoms with Gasteiger partial charge in [0.25, 0.3) is 0 Å². The normalized spacial score (nSPS) is 17.7. The molecule has 0 bridgehead atoms. The van der Waals surface area contributed by atoms with Crippen molar-refractivity contribution in [2.45, 2.75) is 57.6 Å². The number of amides is 1. The number of carbonyl (C=O) groups excluding carboxylic acids is 1. The zero-order valence-corrected chi connectivity index (χ0v) is 13.5. The van der Waals surface area contributed by atoms with Crippen molar-refractivity contribution in [3.05, 3.63) is 11.6 Å². The summed E-state index contributed by atoms with van der Waals surface area (Å²) in [4.78, 5) is 14.2. The summed E-state index contributed by atoms with van der Waals surface area (Å²) < 4.78 is 1.86. The highest BCUT2D eigenvalue weighted by atomic mass is 16.3. The van der Waals surface area contributed by atoms with E-state index in [4.69, 9.17) is 5.73 Å². The van der Waals surface area contributed by atoms with E-state index in [1.54, 1.807) is 0 Å². The van der Waals surface area contributed by atoms with Gasteiger partial charge in [0.05, 0.1) is 6.04 Å². The maximum atomic E-state index is 12.3. The molecule has 2 heterocycles. The summed E-state index contributed by atoms with van der Waals surface area (Å²) in [6.45, 7) is 3.42. The van der Waals surface area contributed by atoms with E-state index < -0.39 is 0 Å². The fraction of sp³-hybridized carbons (Fsp3) is 0.800.